The summed E-state index contributed by atoms with van der Waals surface area (Å²) in [6.45, 7) is 4.77. The Kier molecular flexibility index (Phi) is 3.92. The molecule has 0 aliphatic rings. The number of rotatable bonds is 4. The first kappa shape index (κ1) is 12.6. The Balaban J connectivity index is 2.35. The summed E-state index contributed by atoms with van der Waals surface area (Å²) in [6.07, 6.45) is 1.05. The molecule has 2 aromatic rings. The van der Waals surface area contributed by atoms with Crippen molar-refractivity contribution in [2.75, 3.05) is 11.9 Å². The topological polar surface area (TPSA) is 24.9 Å². The number of hydrogen-bond acceptors (Lipinski definition) is 2. The van der Waals surface area contributed by atoms with Crippen LogP contribution in [0.25, 0.3) is 11.3 Å². The number of anilines is 1. The molecule has 1 aromatic carbocycles. The Labute approximate surface area is 107 Å². The molecular formula is C15H17FN2. The van der Waals surface area contributed by atoms with Crippen molar-refractivity contribution in [3.63, 3.8) is 0 Å². The minimum Gasteiger partial charge on any atom is -0.370 e. The van der Waals surface area contributed by atoms with Gasteiger partial charge in [-0.25, -0.2) is 9.37 Å². The maximum Gasteiger partial charge on any atom is 0.126 e. The molecule has 0 amide bonds. The third-order valence-electron chi connectivity index (χ3n) is 2.85. The lowest BCUT2D eigenvalue weighted by atomic mass is 10.0. The van der Waals surface area contributed by atoms with Crippen molar-refractivity contribution in [2.24, 2.45) is 0 Å². The van der Waals surface area contributed by atoms with Gasteiger partial charge < -0.3 is 5.32 Å². The van der Waals surface area contributed by atoms with E-state index in [0.29, 0.717) is 5.56 Å². The van der Waals surface area contributed by atoms with Gasteiger partial charge in [0.05, 0.1) is 5.69 Å². The Morgan fingerprint density at radius 2 is 1.94 bits per heavy atom. The van der Waals surface area contributed by atoms with E-state index in [1.165, 1.54) is 6.07 Å². The van der Waals surface area contributed by atoms with Crippen molar-refractivity contribution in [1.29, 1.82) is 0 Å². The number of benzene rings is 1. The molecular weight excluding hydrogens is 227 g/mol. The lowest BCUT2D eigenvalue weighted by molar-refractivity contribution is 0.619. The SMILES string of the molecule is CCCNc1cccc(-c2cccc(F)c2C)n1. The number of nitrogens with one attached hydrogen (secondary N) is 1. The van der Waals surface area contributed by atoms with Gasteiger partial charge in [-0.2, -0.15) is 0 Å². The molecule has 2 nitrogen and oxygen atoms in total. The van der Waals surface area contributed by atoms with Crippen LogP contribution >= 0.6 is 0 Å². The van der Waals surface area contributed by atoms with Crippen molar-refractivity contribution in [3.8, 4) is 11.3 Å². The quantitative estimate of drug-likeness (QED) is 0.878. The summed E-state index contributed by atoms with van der Waals surface area (Å²) < 4.78 is 13.5. The van der Waals surface area contributed by atoms with Crippen molar-refractivity contribution in [2.45, 2.75) is 20.3 Å². The number of pyridine rings is 1. The van der Waals surface area contributed by atoms with Crippen LogP contribution in [0.5, 0.6) is 0 Å². The zero-order valence-corrected chi connectivity index (χ0v) is 10.7. The normalized spacial score (nSPS) is 10.4. The van der Waals surface area contributed by atoms with E-state index in [2.05, 4.69) is 17.2 Å². The molecule has 94 valence electrons. The lowest BCUT2D eigenvalue weighted by Gasteiger charge is -2.09. The molecule has 0 aliphatic carbocycles. The van der Waals surface area contributed by atoms with E-state index >= 15 is 0 Å². The second-order valence-corrected chi connectivity index (χ2v) is 4.25. The highest BCUT2D eigenvalue weighted by Gasteiger charge is 2.07. The van der Waals surface area contributed by atoms with Crippen molar-refractivity contribution in [3.05, 3.63) is 47.8 Å². The summed E-state index contributed by atoms with van der Waals surface area (Å²) in [5.41, 5.74) is 2.28. The molecule has 0 aliphatic heterocycles. The fourth-order valence-corrected chi connectivity index (χ4v) is 1.82. The summed E-state index contributed by atoms with van der Waals surface area (Å²) in [4.78, 5) is 4.50. The summed E-state index contributed by atoms with van der Waals surface area (Å²) in [5.74, 6) is 0.638. The summed E-state index contributed by atoms with van der Waals surface area (Å²) in [6, 6.07) is 10.8. The minimum absolute atomic E-state index is 0.193. The van der Waals surface area contributed by atoms with Crippen LogP contribution in [0.4, 0.5) is 10.2 Å². The second kappa shape index (κ2) is 5.63. The third kappa shape index (κ3) is 2.67. The van der Waals surface area contributed by atoms with Gasteiger partial charge in [0.25, 0.3) is 0 Å². The molecule has 0 saturated heterocycles. The lowest BCUT2D eigenvalue weighted by Crippen LogP contribution is -2.02. The fourth-order valence-electron chi connectivity index (χ4n) is 1.82. The molecule has 0 bridgehead atoms. The summed E-state index contributed by atoms with van der Waals surface area (Å²) >= 11 is 0. The first-order valence-corrected chi connectivity index (χ1v) is 6.18. The average Bonchev–Trinajstić information content (AvgIpc) is 2.40. The summed E-state index contributed by atoms with van der Waals surface area (Å²) in [7, 11) is 0. The van der Waals surface area contributed by atoms with Gasteiger partial charge in [-0.1, -0.05) is 25.1 Å². The van der Waals surface area contributed by atoms with E-state index in [9.17, 15) is 4.39 Å². The molecule has 0 unspecified atom stereocenters. The van der Waals surface area contributed by atoms with Crippen LogP contribution < -0.4 is 5.32 Å². The smallest absolute Gasteiger partial charge is 0.126 e. The number of hydrogen-bond donors (Lipinski definition) is 1. The molecule has 0 saturated carbocycles. The molecule has 0 fully saturated rings. The standard InChI is InChI=1S/C15H17FN2/c1-3-10-17-15-9-5-8-14(18-15)12-6-4-7-13(16)11(12)2/h4-9H,3,10H2,1-2H3,(H,17,18). The zero-order chi connectivity index (χ0) is 13.0. The van der Waals surface area contributed by atoms with Crippen molar-refractivity contribution < 1.29 is 4.39 Å². The van der Waals surface area contributed by atoms with E-state index in [-0.39, 0.29) is 5.82 Å². The predicted molar refractivity (Wildman–Crippen MR) is 73.1 cm³/mol. The van der Waals surface area contributed by atoms with Gasteiger partial charge in [0, 0.05) is 12.1 Å². The molecule has 1 aromatic heterocycles. The maximum atomic E-state index is 13.5. The molecule has 1 N–H and O–H groups in total. The first-order chi connectivity index (χ1) is 8.72. The zero-order valence-electron chi connectivity index (χ0n) is 10.7. The number of halogens is 1. The van der Waals surface area contributed by atoms with Crippen LogP contribution in [0.15, 0.2) is 36.4 Å². The third-order valence-corrected chi connectivity index (χ3v) is 2.85. The highest BCUT2D eigenvalue weighted by Crippen LogP contribution is 2.24. The van der Waals surface area contributed by atoms with Crippen LogP contribution in [0, 0.1) is 12.7 Å². The highest BCUT2D eigenvalue weighted by atomic mass is 19.1. The number of nitrogens with zero attached hydrogens (tertiary/aromatic N) is 1. The monoisotopic (exact) mass is 244 g/mol. The molecule has 0 radical (unpaired) electrons. The molecule has 0 atom stereocenters. The molecule has 18 heavy (non-hydrogen) atoms. The minimum atomic E-state index is -0.193. The Morgan fingerprint density at radius 3 is 2.72 bits per heavy atom. The van der Waals surface area contributed by atoms with E-state index in [0.717, 1.165) is 30.0 Å². The average molecular weight is 244 g/mol. The van der Waals surface area contributed by atoms with Crippen LogP contribution in [-0.4, -0.2) is 11.5 Å². The molecule has 2 rings (SSSR count). The second-order valence-electron chi connectivity index (χ2n) is 4.25. The molecule has 1 heterocycles. The van der Waals surface area contributed by atoms with Crippen LogP contribution in [0.1, 0.15) is 18.9 Å². The molecule has 0 spiro atoms. The summed E-state index contributed by atoms with van der Waals surface area (Å²) in [5, 5.41) is 3.23. The fraction of sp³-hybridized carbons (Fsp3) is 0.267. The van der Waals surface area contributed by atoms with E-state index in [1.807, 2.05) is 24.3 Å². The van der Waals surface area contributed by atoms with Crippen LogP contribution in [-0.2, 0) is 0 Å². The van der Waals surface area contributed by atoms with E-state index < -0.39 is 0 Å². The van der Waals surface area contributed by atoms with Gasteiger partial charge >= 0.3 is 0 Å². The Morgan fingerprint density at radius 1 is 1.17 bits per heavy atom. The van der Waals surface area contributed by atoms with Crippen molar-refractivity contribution >= 4 is 5.82 Å². The van der Waals surface area contributed by atoms with E-state index in [4.69, 9.17) is 0 Å². The van der Waals surface area contributed by atoms with Gasteiger partial charge in [0.2, 0.25) is 0 Å². The van der Waals surface area contributed by atoms with Gasteiger partial charge in [-0.3, -0.25) is 0 Å². The Bertz CT molecular complexity index is 538. The number of aromatic nitrogens is 1. The Hall–Kier alpha value is -1.90. The van der Waals surface area contributed by atoms with Crippen LogP contribution in [0.2, 0.25) is 0 Å². The highest BCUT2D eigenvalue weighted by molar-refractivity contribution is 5.65. The van der Waals surface area contributed by atoms with Gasteiger partial charge in [-0.05, 0) is 37.1 Å². The maximum absolute atomic E-state index is 13.5. The van der Waals surface area contributed by atoms with Gasteiger partial charge in [0.1, 0.15) is 11.6 Å². The largest absolute Gasteiger partial charge is 0.370 e. The first-order valence-electron chi connectivity index (χ1n) is 6.18. The predicted octanol–water partition coefficient (Wildman–Crippen LogP) is 4.02. The van der Waals surface area contributed by atoms with Gasteiger partial charge in [0.15, 0.2) is 0 Å². The molecule has 3 heteroatoms. The van der Waals surface area contributed by atoms with Crippen LogP contribution in [0.3, 0.4) is 0 Å². The van der Waals surface area contributed by atoms with Crippen molar-refractivity contribution in [1.82, 2.24) is 4.98 Å². The van der Waals surface area contributed by atoms with Gasteiger partial charge in [-0.15, -0.1) is 0 Å². The van der Waals surface area contributed by atoms with E-state index in [1.54, 1.807) is 13.0 Å².